The summed E-state index contributed by atoms with van der Waals surface area (Å²) in [5.74, 6) is 0.000504. The van der Waals surface area contributed by atoms with Gasteiger partial charge < -0.3 is 9.80 Å². The van der Waals surface area contributed by atoms with Gasteiger partial charge in [-0.15, -0.1) is 0 Å². The van der Waals surface area contributed by atoms with Crippen LogP contribution >= 0.6 is 0 Å². The molecule has 32 heavy (non-hydrogen) atoms. The molecule has 2 fully saturated rings. The molecule has 0 saturated carbocycles. The first-order chi connectivity index (χ1) is 15.5. The van der Waals surface area contributed by atoms with Crippen LogP contribution in [0.25, 0.3) is 0 Å². The van der Waals surface area contributed by atoms with Crippen LogP contribution < -0.4 is 0 Å². The van der Waals surface area contributed by atoms with E-state index in [1.54, 1.807) is 29.2 Å². The van der Waals surface area contributed by atoms with Crippen molar-refractivity contribution in [2.75, 3.05) is 26.2 Å². The average Bonchev–Trinajstić information content (AvgIpc) is 2.85. The van der Waals surface area contributed by atoms with Gasteiger partial charge in [-0.25, -0.2) is 0 Å². The molecule has 2 aliphatic rings. The smallest absolute Gasteiger partial charge is 0.254 e. The number of hydrogen-bond acceptors (Lipinski definition) is 3. The van der Waals surface area contributed by atoms with Crippen LogP contribution in [-0.2, 0) is 4.79 Å². The van der Waals surface area contributed by atoms with Crippen molar-refractivity contribution in [1.82, 2.24) is 9.80 Å². The SMILES string of the molecule is Cc1ccc(C(=O)c2ccccc2C(=O)N2CCC(C(=O)N3CCCCC3)CC2)cc1C. The minimum Gasteiger partial charge on any atom is -0.342 e. The normalized spacial score (nSPS) is 17.3. The Kier molecular flexibility index (Phi) is 6.73. The van der Waals surface area contributed by atoms with E-state index in [-0.39, 0.29) is 23.5 Å². The number of piperidine rings is 2. The second-order valence-electron chi connectivity index (χ2n) is 9.13. The summed E-state index contributed by atoms with van der Waals surface area (Å²) >= 11 is 0. The third kappa shape index (κ3) is 4.62. The summed E-state index contributed by atoms with van der Waals surface area (Å²) in [5, 5.41) is 0. The van der Waals surface area contributed by atoms with E-state index in [9.17, 15) is 14.4 Å². The number of hydrogen-bond donors (Lipinski definition) is 0. The molecule has 0 atom stereocenters. The Morgan fingerprint density at radius 3 is 2.06 bits per heavy atom. The van der Waals surface area contributed by atoms with Gasteiger partial charge in [0.25, 0.3) is 5.91 Å². The highest BCUT2D eigenvalue weighted by molar-refractivity contribution is 6.15. The zero-order valence-corrected chi connectivity index (χ0v) is 19.1. The van der Waals surface area contributed by atoms with E-state index < -0.39 is 0 Å². The second-order valence-corrected chi connectivity index (χ2v) is 9.13. The molecule has 2 heterocycles. The highest BCUT2D eigenvalue weighted by Crippen LogP contribution is 2.25. The van der Waals surface area contributed by atoms with Crippen molar-refractivity contribution >= 4 is 17.6 Å². The topological polar surface area (TPSA) is 57.7 Å². The van der Waals surface area contributed by atoms with Crippen LogP contribution in [0.1, 0.15) is 69.5 Å². The minimum absolute atomic E-state index is 0.00422. The summed E-state index contributed by atoms with van der Waals surface area (Å²) in [7, 11) is 0. The number of aryl methyl sites for hydroxylation is 2. The Bertz CT molecular complexity index is 1020. The number of nitrogens with zero attached hydrogens (tertiary/aromatic N) is 2. The highest BCUT2D eigenvalue weighted by atomic mass is 16.2. The van der Waals surface area contributed by atoms with Crippen LogP contribution in [0.15, 0.2) is 42.5 Å². The van der Waals surface area contributed by atoms with Gasteiger partial charge in [0.05, 0.1) is 5.56 Å². The number of carbonyl (C=O) groups is 3. The van der Waals surface area contributed by atoms with Gasteiger partial charge in [-0.05, 0) is 69.2 Å². The lowest BCUT2D eigenvalue weighted by Gasteiger charge is -2.35. The van der Waals surface area contributed by atoms with Crippen molar-refractivity contribution in [3.63, 3.8) is 0 Å². The molecule has 0 N–H and O–H groups in total. The fourth-order valence-electron chi connectivity index (χ4n) is 4.78. The van der Waals surface area contributed by atoms with Gasteiger partial charge in [0, 0.05) is 43.2 Å². The predicted molar refractivity (Wildman–Crippen MR) is 125 cm³/mol. The molecule has 168 valence electrons. The Morgan fingerprint density at radius 1 is 0.750 bits per heavy atom. The molecule has 2 amide bonds. The van der Waals surface area contributed by atoms with Crippen molar-refractivity contribution < 1.29 is 14.4 Å². The Labute approximate surface area is 190 Å². The maximum atomic E-state index is 13.3. The summed E-state index contributed by atoms with van der Waals surface area (Å²) in [5.41, 5.74) is 3.66. The average molecular weight is 433 g/mol. The number of rotatable bonds is 4. The van der Waals surface area contributed by atoms with Crippen molar-refractivity contribution in [1.29, 1.82) is 0 Å². The van der Waals surface area contributed by atoms with Crippen molar-refractivity contribution in [3.8, 4) is 0 Å². The summed E-state index contributed by atoms with van der Waals surface area (Å²) in [6.45, 7) is 6.83. The van der Waals surface area contributed by atoms with Gasteiger partial charge in [0.1, 0.15) is 0 Å². The summed E-state index contributed by atoms with van der Waals surface area (Å²) < 4.78 is 0. The maximum Gasteiger partial charge on any atom is 0.254 e. The highest BCUT2D eigenvalue weighted by Gasteiger charge is 2.32. The summed E-state index contributed by atoms with van der Waals surface area (Å²) in [4.78, 5) is 43.2. The Hall–Kier alpha value is -2.95. The molecule has 0 radical (unpaired) electrons. The first-order valence-corrected chi connectivity index (χ1v) is 11.7. The molecule has 0 bridgehead atoms. The van der Waals surface area contributed by atoms with E-state index in [1.807, 2.05) is 36.9 Å². The molecule has 2 aliphatic heterocycles. The number of ketones is 1. The van der Waals surface area contributed by atoms with Crippen molar-refractivity contribution in [2.24, 2.45) is 5.92 Å². The number of carbonyl (C=O) groups excluding carboxylic acids is 3. The molecule has 2 saturated heterocycles. The monoisotopic (exact) mass is 432 g/mol. The maximum absolute atomic E-state index is 13.3. The van der Waals surface area contributed by atoms with E-state index in [2.05, 4.69) is 0 Å². The third-order valence-electron chi connectivity index (χ3n) is 6.97. The molecule has 0 aromatic heterocycles. The molecular weight excluding hydrogens is 400 g/mol. The van der Waals surface area contributed by atoms with Gasteiger partial charge in [0.2, 0.25) is 5.91 Å². The van der Waals surface area contributed by atoms with Crippen LogP contribution in [0.2, 0.25) is 0 Å². The lowest BCUT2D eigenvalue weighted by atomic mass is 9.92. The molecule has 0 unspecified atom stereocenters. The molecule has 4 rings (SSSR count). The Morgan fingerprint density at radius 2 is 1.41 bits per heavy atom. The summed E-state index contributed by atoms with van der Waals surface area (Å²) in [6.07, 6.45) is 4.77. The van der Waals surface area contributed by atoms with Gasteiger partial charge in [-0.1, -0.05) is 30.3 Å². The fourth-order valence-corrected chi connectivity index (χ4v) is 4.78. The van der Waals surface area contributed by atoms with Crippen molar-refractivity contribution in [2.45, 2.75) is 46.0 Å². The van der Waals surface area contributed by atoms with Gasteiger partial charge in [-0.3, -0.25) is 14.4 Å². The quantitative estimate of drug-likeness (QED) is 0.673. The second kappa shape index (κ2) is 9.68. The molecule has 0 aliphatic carbocycles. The standard InChI is InChI=1S/C27H32N2O3/c1-19-10-11-22(18-20(19)2)25(30)23-8-4-5-9-24(23)27(32)29-16-12-21(13-17-29)26(31)28-14-6-3-7-15-28/h4-5,8-11,18,21H,3,6-7,12-17H2,1-2H3. The Balaban J connectivity index is 1.46. The third-order valence-corrected chi connectivity index (χ3v) is 6.97. The van der Waals surface area contributed by atoms with E-state index in [1.165, 1.54) is 6.42 Å². The molecule has 5 heteroatoms. The van der Waals surface area contributed by atoms with Crippen LogP contribution in [-0.4, -0.2) is 53.6 Å². The minimum atomic E-state index is -0.132. The van der Waals surface area contributed by atoms with Gasteiger partial charge in [0.15, 0.2) is 5.78 Å². The van der Waals surface area contributed by atoms with Crippen LogP contribution in [0, 0.1) is 19.8 Å². The number of likely N-dealkylation sites (tertiary alicyclic amines) is 2. The molecule has 2 aromatic rings. The molecule has 2 aromatic carbocycles. The fraction of sp³-hybridized carbons (Fsp3) is 0.444. The molecule has 0 spiro atoms. The number of amides is 2. The van der Waals surface area contributed by atoms with Crippen LogP contribution in [0.5, 0.6) is 0 Å². The predicted octanol–water partition coefficient (Wildman–Crippen LogP) is 4.40. The van der Waals surface area contributed by atoms with Gasteiger partial charge in [-0.2, -0.15) is 0 Å². The lowest BCUT2D eigenvalue weighted by Crippen LogP contribution is -2.45. The van der Waals surface area contributed by atoms with E-state index in [0.29, 0.717) is 42.6 Å². The first kappa shape index (κ1) is 22.3. The van der Waals surface area contributed by atoms with E-state index in [0.717, 1.165) is 37.1 Å². The first-order valence-electron chi connectivity index (χ1n) is 11.7. The molecular formula is C27H32N2O3. The van der Waals surface area contributed by atoms with Crippen LogP contribution in [0.4, 0.5) is 0 Å². The van der Waals surface area contributed by atoms with E-state index in [4.69, 9.17) is 0 Å². The largest absolute Gasteiger partial charge is 0.342 e. The van der Waals surface area contributed by atoms with Crippen LogP contribution in [0.3, 0.4) is 0 Å². The number of benzene rings is 2. The zero-order chi connectivity index (χ0) is 22.7. The van der Waals surface area contributed by atoms with Crippen molar-refractivity contribution in [3.05, 3.63) is 70.3 Å². The molecule has 5 nitrogen and oxygen atoms in total. The van der Waals surface area contributed by atoms with Gasteiger partial charge >= 0.3 is 0 Å². The van der Waals surface area contributed by atoms with E-state index >= 15 is 0 Å². The summed E-state index contributed by atoms with van der Waals surface area (Å²) in [6, 6.07) is 12.7. The lowest BCUT2D eigenvalue weighted by molar-refractivity contribution is -0.137. The zero-order valence-electron chi connectivity index (χ0n) is 19.1.